The van der Waals surface area contributed by atoms with Gasteiger partial charge in [-0.05, 0) is 36.1 Å². The van der Waals surface area contributed by atoms with E-state index in [9.17, 15) is 0 Å². The maximum atomic E-state index is 5.34. The van der Waals surface area contributed by atoms with Gasteiger partial charge in [-0.25, -0.2) is 0 Å². The number of methoxy groups -OCH3 is 1. The van der Waals surface area contributed by atoms with E-state index in [0.29, 0.717) is 6.54 Å². The lowest BCUT2D eigenvalue weighted by atomic mass is 9.99. The SMILES string of the molecule is CN=C(NCc1nnc2n1CCC2)N1CC=C(c2cccc(OC)c2)CC1. The van der Waals surface area contributed by atoms with Crippen molar-refractivity contribution in [1.29, 1.82) is 0 Å². The molecule has 0 amide bonds. The molecule has 1 aromatic carbocycles. The zero-order valence-corrected chi connectivity index (χ0v) is 16.0. The highest BCUT2D eigenvalue weighted by Gasteiger charge is 2.19. The van der Waals surface area contributed by atoms with Crippen LogP contribution in [-0.2, 0) is 19.5 Å². The minimum atomic E-state index is 0.655. The zero-order chi connectivity index (χ0) is 18.6. The number of fused-ring (bicyclic) bond motifs is 1. The quantitative estimate of drug-likeness (QED) is 0.663. The van der Waals surface area contributed by atoms with E-state index in [4.69, 9.17) is 4.74 Å². The van der Waals surface area contributed by atoms with Gasteiger partial charge in [0.2, 0.25) is 0 Å². The average Bonchev–Trinajstić information content (AvgIpc) is 3.33. The van der Waals surface area contributed by atoms with E-state index >= 15 is 0 Å². The van der Waals surface area contributed by atoms with Crippen LogP contribution in [0.1, 0.15) is 30.1 Å². The highest BCUT2D eigenvalue weighted by atomic mass is 16.5. The van der Waals surface area contributed by atoms with Crippen LogP contribution in [0, 0.1) is 0 Å². The monoisotopic (exact) mass is 366 g/mol. The van der Waals surface area contributed by atoms with Crippen molar-refractivity contribution in [3.8, 4) is 5.75 Å². The van der Waals surface area contributed by atoms with Gasteiger partial charge in [0.1, 0.15) is 11.6 Å². The Kier molecular flexibility index (Phi) is 5.09. The smallest absolute Gasteiger partial charge is 0.194 e. The number of benzene rings is 1. The summed E-state index contributed by atoms with van der Waals surface area (Å²) in [6, 6.07) is 8.26. The van der Waals surface area contributed by atoms with E-state index in [1.54, 1.807) is 7.11 Å². The van der Waals surface area contributed by atoms with Crippen molar-refractivity contribution in [2.45, 2.75) is 32.4 Å². The number of guanidine groups is 1. The Morgan fingerprint density at radius 1 is 1.26 bits per heavy atom. The van der Waals surface area contributed by atoms with Gasteiger partial charge >= 0.3 is 0 Å². The van der Waals surface area contributed by atoms with Crippen molar-refractivity contribution < 1.29 is 4.74 Å². The van der Waals surface area contributed by atoms with E-state index in [0.717, 1.165) is 62.3 Å². The average molecular weight is 366 g/mol. The molecule has 142 valence electrons. The maximum Gasteiger partial charge on any atom is 0.194 e. The number of aliphatic imine (C=N–C) groups is 1. The summed E-state index contributed by atoms with van der Waals surface area (Å²) < 4.78 is 7.56. The molecule has 7 heteroatoms. The van der Waals surface area contributed by atoms with Crippen LogP contribution in [0.4, 0.5) is 0 Å². The summed E-state index contributed by atoms with van der Waals surface area (Å²) in [5.74, 6) is 3.90. The highest BCUT2D eigenvalue weighted by Crippen LogP contribution is 2.25. The minimum Gasteiger partial charge on any atom is -0.497 e. The molecule has 1 N–H and O–H groups in total. The normalized spacial score (nSPS) is 16.9. The van der Waals surface area contributed by atoms with Crippen LogP contribution in [0.3, 0.4) is 0 Å². The molecule has 0 bridgehead atoms. The Morgan fingerprint density at radius 2 is 2.19 bits per heavy atom. The van der Waals surface area contributed by atoms with Crippen LogP contribution < -0.4 is 10.1 Å². The molecule has 2 aromatic rings. The second-order valence-electron chi connectivity index (χ2n) is 6.85. The van der Waals surface area contributed by atoms with E-state index in [1.807, 2.05) is 19.2 Å². The van der Waals surface area contributed by atoms with Crippen molar-refractivity contribution in [2.24, 2.45) is 4.99 Å². The highest BCUT2D eigenvalue weighted by molar-refractivity contribution is 5.81. The van der Waals surface area contributed by atoms with Gasteiger partial charge in [0.25, 0.3) is 0 Å². The summed E-state index contributed by atoms with van der Waals surface area (Å²) in [7, 11) is 3.54. The molecule has 2 aliphatic heterocycles. The number of aryl methyl sites for hydroxylation is 1. The molecule has 0 atom stereocenters. The molecular weight excluding hydrogens is 340 g/mol. The molecule has 0 radical (unpaired) electrons. The fourth-order valence-electron chi connectivity index (χ4n) is 3.78. The third kappa shape index (κ3) is 3.67. The lowest BCUT2D eigenvalue weighted by molar-refractivity contribution is 0.414. The molecular formula is C20H26N6O. The Balaban J connectivity index is 1.39. The predicted molar refractivity (Wildman–Crippen MR) is 106 cm³/mol. The maximum absolute atomic E-state index is 5.34. The first-order chi connectivity index (χ1) is 13.3. The largest absolute Gasteiger partial charge is 0.497 e. The molecule has 1 aromatic heterocycles. The third-order valence-corrected chi connectivity index (χ3v) is 5.25. The van der Waals surface area contributed by atoms with Crippen molar-refractivity contribution in [1.82, 2.24) is 25.0 Å². The van der Waals surface area contributed by atoms with Crippen LogP contribution in [0.2, 0.25) is 0 Å². The van der Waals surface area contributed by atoms with E-state index in [2.05, 4.69) is 48.2 Å². The van der Waals surface area contributed by atoms with Crippen molar-refractivity contribution >= 4 is 11.5 Å². The molecule has 0 fully saturated rings. The molecule has 0 aliphatic carbocycles. The van der Waals surface area contributed by atoms with Gasteiger partial charge in [0.15, 0.2) is 11.8 Å². The van der Waals surface area contributed by atoms with Crippen LogP contribution in [-0.4, -0.2) is 52.9 Å². The van der Waals surface area contributed by atoms with Crippen molar-refractivity contribution in [3.05, 3.63) is 47.6 Å². The fraction of sp³-hybridized carbons (Fsp3) is 0.450. The van der Waals surface area contributed by atoms with E-state index < -0.39 is 0 Å². The lowest BCUT2D eigenvalue weighted by Crippen LogP contribution is -2.43. The predicted octanol–water partition coefficient (Wildman–Crippen LogP) is 2.10. The number of nitrogens with zero attached hydrogens (tertiary/aromatic N) is 5. The van der Waals surface area contributed by atoms with Gasteiger partial charge in [-0.1, -0.05) is 18.2 Å². The number of aromatic nitrogens is 3. The Labute approximate surface area is 159 Å². The minimum absolute atomic E-state index is 0.655. The fourth-order valence-corrected chi connectivity index (χ4v) is 3.78. The summed E-state index contributed by atoms with van der Waals surface area (Å²) in [5.41, 5.74) is 2.59. The van der Waals surface area contributed by atoms with Gasteiger partial charge in [-0.3, -0.25) is 4.99 Å². The van der Waals surface area contributed by atoms with Crippen LogP contribution in [0.15, 0.2) is 35.3 Å². The standard InChI is InChI=1S/C20H26N6O/c1-21-20(22-14-19-24-23-18-7-4-10-26(18)19)25-11-8-15(9-12-25)16-5-3-6-17(13-16)27-2/h3,5-6,8,13H,4,7,9-12,14H2,1-2H3,(H,21,22). The molecule has 0 spiro atoms. The first-order valence-corrected chi connectivity index (χ1v) is 9.48. The first kappa shape index (κ1) is 17.6. The molecule has 0 unspecified atom stereocenters. The summed E-state index contributed by atoms with van der Waals surface area (Å²) in [4.78, 5) is 6.72. The lowest BCUT2D eigenvalue weighted by Gasteiger charge is -2.29. The molecule has 2 aliphatic rings. The molecule has 4 rings (SSSR count). The second-order valence-corrected chi connectivity index (χ2v) is 6.85. The number of ether oxygens (including phenoxy) is 1. The first-order valence-electron chi connectivity index (χ1n) is 9.48. The number of rotatable bonds is 4. The third-order valence-electron chi connectivity index (χ3n) is 5.25. The Hall–Kier alpha value is -2.83. The summed E-state index contributed by atoms with van der Waals surface area (Å²) >= 11 is 0. The molecule has 0 saturated heterocycles. The van der Waals surface area contributed by atoms with E-state index in [1.165, 1.54) is 11.1 Å². The van der Waals surface area contributed by atoms with Gasteiger partial charge in [0.05, 0.1) is 13.7 Å². The summed E-state index contributed by atoms with van der Waals surface area (Å²) in [6.07, 6.45) is 5.45. The molecule has 7 nitrogen and oxygen atoms in total. The molecule has 27 heavy (non-hydrogen) atoms. The van der Waals surface area contributed by atoms with E-state index in [-0.39, 0.29) is 0 Å². The van der Waals surface area contributed by atoms with Crippen molar-refractivity contribution in [2.75, 3.05) is 27.2 Å². The molecule has 3 heterocycles. The van der Waals surface area contributed by atoms with Gasteiger partial charge < -0.3 is 19.5 Å². The summed E-state index contributed by atoms with van der Waals surface area (Å²) in [5, 5.41) is 12.0. The van der Waals surface area contributed by atoms with Crippen LogP contribution in [0.5, 0.6) is 5.75 Å². The number of nitrogens with one attached hydrogen (secondary N) is 1. The topological polar surface area (TPSA) is 67.6 Å². The number of hydrogen-bond donors (Lipinski definition) is 1. The summed E-state index contributed by atoms with van der Waals surface area (Å²) in [6.45, 7) is 3.45. The number of hydrogen-bond acceptors (Lipinski definition) is 4. The zero-order valence-electron chi connectivity index (χ0n) is 16.0. The van der Waals surface area contributed by atoms with Crippen LogP contribution >= 0.6 is 0 Å². The Morgan fingerprint density at radius 3 is 2.96 bits per heavy atom. The van der Waals surface area contributed by atoms with Crippen LogP contribution in [0.25, 0.3) is 5.57 Å². The van der Waals surface area contributed by atoms with Gasteiger partial charge in [-0.2, -0.15) is 0 Å². The van der Waals surface area contributed by atoms with Gasteiger partial charge in [0, 0.05) is 33.1 Å². The second kappa shape index (κ2) is 7.82. The Bertz CT molecular complexity index is 869. The molecule has 0 saturated carbocycles. The van der Waals surface area contributed by atoms with Gasteiger partial charge in [-0.15, -0.1) is 10.2 Å². The van der Waals surface area contributed by atoms with Crippen molar-refractivity contribution in [3.63, 3.8) is 0 Å².